The summed E-state index contributed by atoms with van der Waals surface area (Å²) in [5.41, 5.74) is 7.95. The first-order chi connectivity index (χ1) is 7.92. The highest BCUT2D eigenvalue weighted by Crippen LogP contribution is 2.32. The fourth-order valence-electron chi connectivity index (χ4n) is 2.25. The summed E-state index contributed by atoms with van der Waals surface area (Å²) >= 11 is 6.07. The van der Waals surface area contributed by atoms with Gasteiger partial charge in [-0.2, -0.15) is 0 Å². The number of halogens is 1. The fourth-order valence-corrected chi connectivity index (χ4v) is 2.42. The van der Waals surface area contributed by atoms with E-state index in [1.165, 1.54) is 0 Å². The average Bonchev–Trinajstić information content (AvgIpc) is 2.26. The van der Waals surface area contributed by atoms with E-state index in [2.05, 4.69) is 30.7 Å². The molecule has 0 radical (unpaired) electrons. The van der Waals surface area contributed by atoms with Crippen LogP contribution in [0.3, 0.4) is 0 Å². The van der Waals surface area contributed by atoms with Gasteiger partial charge in [0.2, 0.25) is 0 Å². The number of anilines is 2. The molecule has 2 rings (SSSR count). The highest BCUT2D eigenvalue weighted by Gasteiger charge is 2.31. The second kappa shape index (κ2) is 4.39. The van der Waals surface area contributed by atoms with Gasteiger partial charge in [-0.05, 0) is 33.0 Å². The van der Waals surface area contributed by atoms with Crippen LogP contribution in [0.4, 0.5) is 11.4 Å². The molecule has 0 saturated carbocycles. The van der Waals surface area contributed by atoms with Gasteiger partial charge in [-0.3, -0.25) is 4.90 Å². The van der Waals surface area contributed by atoms with Gasteiger partial charge >= 0.3 is 0 Å². The van der Waals surface area contributed by atoms with Gasteiger partial charge in [0.05, 0.1) is 16.4 Å². The Labute approximate surface area is 108 Å². The predicted molar refractivity (Wildman–Crippen MR) is 74.8 cm³/mol. The number of hydrogen-bond donors (Lipinski definition) is 1. The van der Waals surface area contributed by atoms with Crippen molar-refractivity contribution in [2.75, 3.05) is 37.3 Å². The Balaban J connectivity index is 2.27. The van der Waals surface area contributed by atoms with Gasteiger partial charge in [0.1, 0.15) is 0 Å². The molecule has 3 nitrogen and oxygen atoms in total. The van der Waals surface area contributed by atoms with Crippen LogP contribution < -0.4 is 10.6 Å². The summed E-state index contributed by atoms with van der Waals surface area (Å²) in [7, 11) is 2.17. The molecule has 0 bridgehead atoms. The summed E-state index contributed by atoms with van der Waals surface area (Å²) in [4.78, 5) is 4.70. The lowest BCUT2D eigenvalue weighted by molar-refractivity contribution is 0.139. The Kier molecular flexibility index (Phi) is 3.23. The van der Waals surface area contributed by atoms with E-state index in [9.17, 15) is 0 Å². The Morgan fingerprint density at radius 1 is 1.29 bits per heavy atom. The summed E-state index contributed by atoms with van der Waals surface area (Å²) in [5.74, 6) is 0. The zero-order valence-electron chi connectivity index (χ0n) is 10.7. The first-order valence-corrected chi connectivity index (χ1v) is 6.30. The molecule has 0 spiro atoms. The molecule has 1 aromatic carbocycles. The highest BCUT2D eigenvalue weighted by molar-refractivity contribution is 6.33. The molecule has 94 valence electrons. The summed E-state index contributed by atoms with van der Waals surface area (Å²) in [6, 6.07) is 5.84. The van der Waals surface area contributed by atoms with Gasteiger partial charge < -0.3 is 10.6 Å². The highest BCUT2D eigenvalue weighted by atomic mass is 35.5. The van der Waals surface area contributed by atoms with E-state index >= 15 is 0 Å². The summed E-state index contributed by atoms with van der Waals surface area (Å²) in [6.45, 7) is 7.50. The smallest absolute Gasteiger partial charge is 0.0741 e. The third-order valence-corrected chi connectivity index (χ3v) is 4.02. The van der Waals surface area contributed by atoms with E-state index in [4.69, 9.17) is 17.3 Å². The molecule has 1 saturated heterocycles. The number of rotatable bonds is 1. The average molecular weight is 254 g/mol. The Morgan fingerprint density at radius 2 is 2.00 bits per heavy atom. The predicted octanol–water partition coefficient (Wildman–Crippen LogP) is 2.45. The van der Waals surface area contributed by atoms with Crippen molar-refractivity contribution in [1.29, 1.82) is 0 Å². The molecule has 0 amide bonds. The maximum Gasteiger partial charge on any atom is 0.0741 e. The van der Waals surface area contributed by atoms with Crippen molar-refractivity contribution in [3.8, 4) is 0 Å². The minimum atomic E-state index is 0.160. The third kappa shape index (κ3) is 2.35. The van der Waals surface area contributed by atoms with Crippen LogP contribution in [0.2, 0.25) is 5.02 Å². The molecule has 1 aromatic rings. The minimum absolute atomic E-state index is 0.160. The lowest BCUT2D eigenvalue weighted by Crippen LogP contribution is -2.57. The van der Waals surface area contributed by atoms with Crippen LogP contribution in [0.1, 0.15) is 13.8 Å². The normalized spacial score (nSPS) is 20.6. The van der Waals surface area contributed by atoms with Crippen molar-refractivity contribution in [3.63, 3.8) is 0 Å². The van der Waals surface area contributed by atoms with E-state index in [1.54, 1.807) is 0 Å². The molecule has 17 heavy (non-hydrogen) atoms. The molecule has 0 aromatic heterocycles. The Morgan fingerprint density at radius 3 is 2.65 bits per heavy atom. The van der Waals surface area contributed by atoms with Gasteiger partial charge in [-0.15, -0.1) is 0 Å². The number of piperazine rings is 1. The van der Waals surface area contributed by atoms with Crippen molar-refractivity contribution in [2.45, 2.75) is 19.4 Å². The lowest BCUT2D eigenvalue weighted by atomic mass is 9.99. The molecule has 1 aliphatic rings. The topological polar surface area (TPSA) is 32.5 Å². The number of hydrogen-bond acceptors (Lipinski definition) is 3. The maximum absolute atomic E-state index is 6.07. The number of nitrogens with zero attached hydrogens (tertiary/aromatic N) is 2. The second-order valence-electron chi connectivity index (χ2n) is 5.33. The van der Waals surface area contributed by atoms with Gasteiger partial charge in [0, 0.05) is 25.2 Å². The zero-order valence-corrected chi connectivity index (χ0v) is 11.5. The first kappa shape index (κ1) is 12.5. The largest absolute Gasteiger partial charge is 0.396 e. The monoisotopic (exact) mass is 253 g/mol. The van der Waals surface area contributed by atoms with Gasteiger partial charge in [-0.25, -0.2) is 0 Å². The standard InChI is InChI=1S/C13H20ClN3/c1-13(2)9-17(8-7-16(13)3)11-6-4-5-10(14)12(11)15/h4-6H,7-9,15H2,1-3H3. The quantitative estimate of drug-likeness (QED) is 0.781. The molecule has 0 unspecified atom stereocenters. The van der Waals surface area contributed by atoms with Crippen molar-refractivity contribution in [3.05, 3.63) is 23.2 Å². The summed E-state index contributed by atoms with van der Waals surface area (Å²) < 4.78 is 0. The molecule has 0 aliphatic carbocycles. The lowest BCUT2D eigenvalue weighted by Gasteiger charge is -2.46. The SMILES string of the molecule is CN1CCN(c2cccc(Cl)c2N)CC1(C)C. The van der Waals surface area contributed by atoms with Crippen LogP contribution in [-0.4, -0.2) is 37.1 Å². The van der Waals surface area contributed by atoms with Crippen LogP contribution in [0.25, 0.3) is 0 Å². The van der Waals surface area contributed by atoms with Crippen molar-refractivity contribution in [1.82, 2.24) is 4.90 Å². The molecular formula is C13H20ClN3. The summed E-state index contributed by atoms with van der Waals surface area (Å²) in [6.07, 6.45) is 0. The van der Waals surface area contributed by atoms with Crippen LogP contribution >= 0.6 is 11.6 Å². The van der Waals surface area contributed by atoms with Crippen molar-refractivity contribution < 1.29 is 0 Å². The van der Waals surface area contributed by atoms with E-state index < -0.39 is 0 Å². The van der Waals surface area contributed by atoms with Gasteiger partial charge in [0.15, 0.2) is 0 Å². The minimum Gasteiger partial charge on any atom is -0.396 e. The number of para-hydroxylation sites is 1. The Bertz CT molecular complexity index is 417. The molecule has 1 aliphatic heterocycles. The Hall–Kier alpha value is -0.930. The molecule has 0 atom stereocenters. The zero-order chi connectivity index (χ0) is 12.6. The van der Waals surface area contributed by atoms with Crippen LogP contribution in [0.15, 0.2) is 18.2 Å². The summed E-state index contributed by atoms with van der Waals surface area (Å²) in [5, 5.41) is 0.638. The van der Waals surface area contributed by atoms with E-state index in [1.807, 2.05) is 18.2 Å². The van der Waals surface area contributed by atoms with Crippen molar-refractivity contribution >= 4 is 23.0 Å². The molecular weight excluding hydrogens is 234 g/mol. The van der Waals surface area contributed by atoms with E-state index in [0.29, 0.717) is 10.7 Å². The molecule has 1 heterocycles. The van der Waals surface area contributed by atoms with E-state index in [-0.39, 0.29) is 5.54 Å². The van der Waals surface area contributed by atoms with Crippen LogP contribution in [0, 0.1) is 0 Å². The van der Waals surface area contributed by atoms with Crippen LogP contribution in [-0.2, 0) is 0 Å². The second-order valence-corrected chi connectivity index (χ2v) is 5.74. The first-order valence-electron chi connectivity index (χ1n) is 5.92. The fraction of sp³-hybridized carbons (Fsp3) is 0.538. The molecule has 2 N–H and O–H groups in total. The van der Waals surface area contributed by atoms with Gasteiger partial charge in [-0.1, -0.05) is 17.7 Å². The number of nitrogens with two attached hydrogens (primary N) is 1. The molecule has 1 fully saturated rings. The number of likely N-dealkylation sites (N-methyl/N-ethyl adjacent to an activating group) is 1. The number of benzene rings is 1. The van der Waals surface area contributed by atoms with Crippen molar-refractivity contribution in [2.24, 2.45) is 0 Å². The maximum atomic E-state index is 6.07. The third-order valence-electron chi connectivity index (χ3n) is 3.69. The van der Waals surface area contributed by atoms with Crippen LogP contribution in [0.5, 0.6) is 0 Å². The van der Waals surface area contributed by atoms with Gasteiger partial charge in [0.25, 0.3) is 0 Å². The van der Waals surface area contributed by atoms with E-state index in [0.717, 1.165) is 25.3 Å². The number of nitrogen functional groups attached to an aromatic ring is 1. The molecule has 4 heteroatoms.